The first-order valence-corrected chi connectivity index (χ1v) is 9.83. The Balaban J connectivity index is 1.42. The first-order chi connectivity index (χ1) is 13.2. The van der Waals surface area contributed by atoms with Crippen molar-refractivity contribution in [1.29, 1.82) is 0 Å². The molecule has 0 aromatic carbocycles. The molecule has 27 heavy (non-hydrogen) atoms. The highest BCUT2D eigenvalue weighted by atomic mass is 16.3. The molecule has 2 N–H and O–H groups in total. The van der Waals surface area contributed by atoms with E-state index >= 15 is 0 Å². The Morgan fingerprint density at radius 1 is 1.15 bits per heavy atom. The topological polar surface area (TPSA) is 85.3 Å². The number of aromatic amines is 1. The molecule has 2 aromatic rings. The summed E-state index contributed by atoms with van der Waals surface area (Å²) in [6.07, 6.45) is 7.25. The fourth-order valence-electron chi connectivity index (χ4n) is 4.26. The van der Waals surface area contributed by atoms with Crippen LogP contribution in [0.4, 0.5) is 0 Å². The van der Waals surface area contributed by atoms with Gasteiger partial charge in [-0.25, -0.2) is 0 Å². The number of nitrogens with one attached hydrogen (secondary N) is 1. The second-order valence-corrected chi connectivity index (χ2v) is 7.68. The molecule has 0 radical (unpaired) electrons. The molecule has 4 rings (SSSR count). The van der Waals surface area contributed by atoms with Gasteiger partial charge in [0.1, 0.15) is 5.69 Å². The molecule has 2 aromatic heterocycles. The van der Waals surface area contributed by atoms with Crippen molar-refractivity contribution in [1.82, 2.24) is 25.0 Å². The average Bonchev–Trinajstić information content (AvgIpc) is 3.36. The first kappa shape index (κ1) is 18.1. The van der Waals surface area contributed by atoms with E-state index in [0.29, 0.717) is 24.7 Å². The molecule has 2 saturated heterocycles. The molecular formula is C20H27N5O2. The quantitative estimate of drug-likeness (QED) is 0.837. The van der Waals surface area contributed by atoms with E-state index in [1.165, 1.54) is 19.3 Å². The van der Waals surface area contributed by atoms with Crippen LogP contribution in [0, 0.1) is 11.8 Å². The van der Waals surface area contributed by atoms with Crippen LogP contribution in [0.1, 0.15) is 29.8 Å². The largest absolute Gasteiger partial charge is 0.396 e. The Bertz CT molecular complexity index is 757. The summed E-state index contributed by atoms with van der Waals surface area (Å²) in [5.41, 5.74) is 2.17. The van der Waals surface area contributed by atoms with Crippen molar-refractivity contribution in [2.45, 2.75) is 19.3 Å². The number of pyridine rings is 1. The number of piperidine rings is 1. The fourth-order valence-corrected chi connectivity index (χ4v) is 4.26. The highest BCUT2D eigenvalue weighted by Gasteiger charge is 2.36. The van der Waals surface area contributed by atoms with Gasteiger partial charge in [-0.05, 0) is 50.0 Å². The first-order valence-electron chi connectivity index (χ1n) is 9.83. The van der Waals surface area contributed by atoms with Crippen molar-refractivity contribution in [2.75, 3.05) is 39.3 Å². The molecule has 7 heteroatoms. The smallest absolute Gasteiger partial charge is 0.271 e. The van der Waals surface area contributed by atoms with Gasteiger partial charge in [-0.2, -0.15) is 5.10 Å². The lowest BCUT2D eigenvalue weighted by atomic mass is 9.95. The third-order valence-electron chi connectivity index (χ3n) is 5.82. The second kappa shape index (κ2) is 8.19. The summed E-state index contributed by atoms with van der Waals surface area (Å²) in [5, 5.41) is 17.0. The molecule has 0 saturated carbocycles. The standard InChI is InChI=1S/C20H27N5O2/c26-14-17-13-25(12-16(17)11-24-8-2-1-3-9-24)20(27)19-10-18(22-23-19)15-4-6-21-7-5-15/h4-7,10,16-17,26H,1-3,8-9,11-14H2,(H,22,23). The lowest BCUT2D eigenvalue weighted by molar-refractivity contribution is 0.0772. The van der Waals surface area contributed by atoms with E-state index in [2.05, 4.69) is 20.1 Å². The zero-order valence-corrected chi connectivity index (χ0v) is 15.5. The van der Waals surface area contributed by atoms with Crippen LogP contribution in [0.3, 0.4) is 0 Å². The van der Waals surface area contributed by atoms with Crippen LogP contribution >= 0.6 is 0 Å². The maximum atomic E-state index is 12.9. The summed E-state index contributed by atoms with van der Waals surface area (Å²) in [7, 11) is 0. The zero-order chi connectivity index (χ0) is 18.6. The van der Waals surface area contributed by atoms with Gasteiger partial charge in [-0.1, -0.05) is 6.42 Å². The summed E-state index contributed by atoms with van der Waals surface area (Å²) < 4.78 is 0. The molecule has 4 heterocycles. The van der Waals surface area contributed by atoms with Gasteiger partial charge in [-0.15, -0.1) is 0 Å². The molecule has 2 aliphatic rings. The fraction of sp³-hybridized carbons (Fsp3) is 0.550. The Morgan fingerprint density at radius 2 is 1.89 bits per heavy atom. The van der Waals surface area contributed by atoms with Gasteiger partial charge < -0.3 is 14.9 Å². The number of carbonyl (C=O) groups is 1. The molecule has 0 spiro atoms. The molecule has 2 atom stereocenters. The average molecular weight is 369 g/mol. The third-order valence-corrected chi connectivity index (χ3v) is 5.82. The zero-order valence-electron chi connectivity index (χ0n) is 15.5. The SMILES string of the molecule is O=C(c1cc(-c2ccncc2)n[nH]1)N1CC(CO)C(CN2CCCCC2)C1. The highest BCUT2D eigenvalue weighted by Crippen LogP contribution is 2.27. The number of aromatic nitrogens is 3. The monoisotopic (exact) mass is 369 g/mol. The van der Waals surface area contributed by atoms with Crippen LogP contribution in [0.2, 0.25) is 0 Å². The van der Waals surface area contributed by atoms with E-state index < -0.39 is 0 Å². The van der Waals surface area contributed by atoms with Gasteiger partial charge in [0.05, 0.1) is 5.69 Å². The number of amides is 1. The van der Waals surface area contributed by atoms with Crippen LogP contribution < -0.4 is 0 Å². The van der Waals surface area contributed by atoms with E-state index in [4.69, 9.17) is 0 Å². The number of nitrogens with zero attached hydrogens (tertiary/aromatic N) is 4. The molecule has 0 bridgehead atoms. The van der Waals surface area contributed by atoms with Gasteiger partial charge in [0.15, 0.2) is 0 Å². The lowest BCUT2D eigenvalue weighted by Crippen LogP contribution is -2.37. The van der Waals surface area contributed by atoms with Crippen LogP contribution in [0.15, 0.2) is 30.6 Å². The summed E-state index contributed by atoms with van der Waals surface area (Å²) in [4.78, 5) is 21.3. The second-order valence-electron chi connectivity index (χ2n) is 7.68. The maximum absolute atomic E-state index is 12.9. The molecule has 144 valence electrons. The predicted molar refractivity (Wildman–Crippen MR) is 102 cm³/mol. The molecule has 2 aliphatic heterocycles. The minimum Gasteiger partial charge on any atom is -0.396 e. The Hall–Kier alpha value is -2.25. The van der Waals surface area contributed by atoms with E-state index in [0.717, 1.165) is 30.9 Å². The molecule has 2 fully saturated rings. The van der Waals surface area contributed by atoms with Gasteiger partial charge in [-0.3, -0.25) is 14.9 Å². The van der Waals surface area contributed by atoms with Crippen molar-refractivity contribution in [3.05, 3.63) is 36.3 Å². The maximum Gasteiger partial charge on any atom is 0.271 e. The van der Waals surface area contributed by atoms with E-state index in [1.54, 1.807) is 18.5 Å². The van der Waals surface area contributed by atoms with E-state index in [1.807, 2.05) is 17.0 Å². The van der Waals surface area contributed by atoms with E-state index in [-0.39, 0.29) is 18.4 Å². The number of likely N-dealkylation sites (tertiary alicyclic amines) is 2. The minimum atomic E-state index is -0.0394. The van der Waals surface area contributed by atoms with Crippen molar-refractivity contribution in [3.63, 3.8) is 0 Å². The Kier molecular flexibility index (Phi) is 5.50. The number of carbonyl (C=O) groups excluding carboxylic acids is 1. The van der Waals surface area contributed by atoms with Crippen molar-refractivity contribution < 1.29 is 9.90 Å². The lowest BCUT2D eigenvalue weighted by Gasteiger charge is -2.30. The van der Waals surface area contributed by atoms with Crippen LogP contribution in [0.5, 0.6) is 0 Å². The van der Waals surface area contributed by atoms with E-state index in [9.17, 15) is 9.90 Å². The summed E-state index contributed by atoms with van der Waals surface area (Å²) in [5.74, 6) is 0.445. The summed E-state index contributed by atoms with van der Waals surface area (Å²) >= 11 is 0. The number of aliphatic hydroxyl groups excluding tert-OH is 1. The van der Waals surface area contributed by atoms with Crippen molar-refractivity contribution >= 4 is 5.91 Å². The van der Waals surface area contributed by atoms with Gasteiger partial charge >= 0.3 is 0 Å². The Labute approximate surface area is 159 Å². The van der Waals surface area contributed by atoms with Crippen LogP contribution in [-0.4, -0.2) is 75.3 Å². The molecule has 2 unspecified atom stereocenters. The van der Waals surface area contributed by atoms with Crippen molar-refractivity contribution in [2.24, 2.45) is 11.8 Å². The number of aliphatic hydroxyl groups is 1. The van der Waals surface area contributed by atoms with Gasteiger partial charge in [0, 0.05) is 50.1 Å². The third kappa shape index (κ3) is 4.04. The van der Waals surface area contributed by atoms with Gasteiger partial charge in [0.25, 0.3) is 5.91 Å². The number of H-pyrrole nitrogens is 1. The van der Waals surface area contributed by atoms with Crippen molar-refractivity contribution in [3.8, 4) is 11.3 Å². The summed E-state index contributed by atoms with van der Waals surface area (Å²) in [6.45, 7) is 4.69. The molecule has 1 amide bonds. The van der Waals surface area contributed by atoms with Gasteiger partial charge in [0.2, 0.25) is 0 Å². The minimum absolute atomic E-state index is 0.0394. The number of rotatable bonds is 5. The predicted octanol–water partition coefficient (Wildman–Crippen LogP) is 1.64. The Morgan fingerprint density at radius 3 is 2.63 bits per heavy atom. The molecule has 7 nitrogen and oxygen atoms in total. The molecular weight excluding hydrogens is 342 g/mol. The number of hydrogen-bond donors (Lipinski definition) is 2. The highest BCUT2D eigenvalue weighted by molar-refractivity contribution is 5.93. The molecule has 0 aliphatic carbocycles. The van der Waals surface area contributed by atoms with Crippen LogP contribution in [0.25, 0.3) is 11.3 Å². The summed E-state index contributed by atoms with van der Waals surface area (Å²) in [6, 6.07) is 5.54. The number of hydrogen-bond acceptors (Lipinski definition) is 5. The van der Waals surface area contributed by atoms with Crippen LogP contribution in [-0.2, 0) is 0 Å². The normalized spacial score (nSPS) is 23.7.